The van der Waals surface area contributed by atoms with Crippen LogP contribution in [0.25, 0.3) is 10.9 Å². The summed E-state index contributed by atoms with van der Waals surface area (Å²) in [5.74, 6) is 0.659. The van der Waals surface area contributed by atoms with Gasteiger partial charge in [-0.1, -0.05) is 23.2 Å². The first kappa shape index (κ1) is 15.2. The smallest absolute Gasteiger partial charge is 0.174 e. The van der Waals surface area contributed by atoms with E-state index < -0.39 is 0 Å². The van der Waals surface area contributed by atoms with Crippen LogP contribution in [0.3, 0.4) is 0 Å². The lowest BCUT2D eigenvalue weighted by Gasteiger charge is -2.09. The summed E-state index contributed by atoms with van der Waals surface area (Å²) in [6.45, 7) is 0.844. The highest BCUT2D eigenvalue weighted by atomic mass is 127. The number of nitriles is 1. The van der Waals surface area contributed by atoms with Gasteiger partial charge in [0.15, 0.2) is 6.61 Å². The van der Waals surface area contributed by atoms with E-state index in [4.69, 9.17) is 33.2 Å². The Balaban J connectivity index is 2.33. The van der Waals surface area contributed by atoms with Crippen molar-refractivity contribution >= 4 is 56.7 Å². The molecule has 0 saturated heterocycles. The van der Waals surface area contributed by atoms with Gasteiger partial charge in [0.2, 0.25) is 0 Å². The second-order valence-corrected chi connectivity index (χ2v) is 6.72. The van der Waals surface area contributed by atoms with Crippen molar-refractivity contribution in [1.29, 1.82) is 5.26 Å². The van der Waals surface area contributed by atoms with Gasteiger partial charge in [-0.2, -0.15) is 5.26 Å². The molecule has 0 fully saturated rings. The number of aromatic nitrogens is 1. The second kappa shape index (κ2) is 5.84. The predicted octanol–water partition coefficient (Wildman–Crippen LogP) is 3.93. The number of aliphatic hydroxyl groups excluding tert-OH is 1. The molecule has 2 aromatic rings. The molecule has 1 atom stereocenters. The summed E-state index contributed by atoms with van der Waals surface area (Å²) in [4.78, 5) is 0. The van der Waals surface area contributed by atoms with Crippen LogP contribution in [0, 0.1) is 14.9 Å². The van der Waals surface area contributed by atoms with E-state index >= 15 is 0 Å². The van der Waals surface area contributed by atoms with Crippen LogP contribution in [0.2, 0.25) is 10.0 Å². The molecule has 0 amide bonds. The van der Waals surface area contributed by atoms with Crippen molar-refractivity contribution in [2.75, 3.05) is 13.2 Å². The van der Waals surface area contributed by atoms with Crippen molar-refractivity contribution in [1.82, 2.24) is 4.57 Å². The zero-order valence-corrected chi connectivity index (χ0v) is 14.5. The van der Waals surface area contributed by atoms with E-state index in [1.54, 1.807) is 6.07 Å². The minimum atomic E-state index is -0.0485. The van der Waals surface area contributed by atoms with Gasteiger partial charge in [0.1, 0.15) is 11.8 Å². The van der Waals surface area contributed by atoms with E-state index in [1.807, 2.05) is 6.07 Å². The van der Waals surface area contributed by atoms with Crippen molar-refractivity contribution in [3.05, 3.63) is 25.4 Å². The molecule has 2 heterocycles. The number of aliphatic hydroxyl groups is 1. The van der Waals surface area contributed by atoms with E-state index in [9.17, 15) is 5.11 Å². The Morgan fingerprint density at radius 2 is 2.29 bits per heavy atom. The average Bonchev–Trinajstić information content (AvgIpc) is 3.01. The standard InChI is InChI=1S/C14H11Cl2IN2O2/c15-8-5-9(21-4-2-18)10-12(17)13-7(6-20)1-3-19(13)14(10)11(8)16/h5,7,20H,1,3-4,6H2. The molecule has 0 spiro atoms. The third-order valence-electron chi connectivity index (χ3n) is 3.76. The Kier molecular flexibility index (Phi) is 4.23. The fourth-order valence-electron chi connectivity index (χ4n) is 2.88. The summed E-state index contributed by atoms with van der Waals surface area (Å²) in [5.41, 5.74) is 1.89. The molecule has 4 nitrogen and oxygen atoms in total. The molecular weight excluding hydrogens is 426 g/mol. The largest absolute Gasteiger partial charge is 0.478 e. The fraction of sp³-hybridized carbons (Fsp3) is 0.357. The molecule has 1 aromatic carbocycles. The summed E-state index contributed by atoms with van der Waals surface area (Å²) < 4.78 is 8.61. The molecule has 7 heteroatoms. The monoisotopic (exact) mass is 436 g/mol. The summed E-state index contributed by atoms with van der Waals surface area (Å²) in [6.07, 6.45) is 0.884. The Bertz CT molecular complexity index is 767. The molecule has 1 unspecified atom stereocenters. The van der Waals surface area contributed by atoms with Crippen LogP contribution in [0.4, 0.5) is 0 Å². The molecule has 1 aliphatic rings. The fourth-order valence-corrected chi connectivity index (χ4v) is 4.57. The predicted molar refractivity (Wildman–Crippen MR) is 90.2 cm³/mol. The van der Waals surface area contributed by atoms with Gasteiger partial charge in [0.05, 0.1) is 27.6 Å². The number of hydrogen-bond acceptors (Lipinski definition) is 3. The first-order valence-electron chi connectivity index (χ1n) is 6.40. The van der Waals surface area contributed by atoms with Crippen molar-refractivity contribution < 1.29 is 9.84 Å². The van der Waals surface area contributed by atoms with Crippen molar-refractivity contribution in [2.24, 2.45) is 0 Å². The second-order valence-electron chi connectivity index (χ2n) is 4.86. The number of ether oxygens (including phenoxy) is 1. The number of aryl methyl sites for hydroxylation is 1. The molecular formula is C14H11Cl2IN2O2. The minimum Gasteiger partial charge on any atom is -0.478 e. The topological polar surface area (TPSA) is 58.2 Å². The quantitative estimate of drug-likeness (QED) is 0.741. The van der Waals surface area contributed by atoms with Crippen LogP contribution >= 0.6 is 45.8 Å². The van der Waals surface area contributed by atoms with Gasteiger partial charge >= 0.3 is 0 Å². The third-order valence-corrected chi connectivity index (χ3v) is 5.63. The Hall–Kier alpha value is -0.680. The zero-order valence-electron chi connectivity index (χ0n) is 10.9. The Labute approximate surface area is 145 Å². The van der Waals surface area contributed by atoms with E-state index in [2.05, 4.69) is 27.2 Å². The lowest BCUT2D eigenvalue weighted by Crippen LogP contribution is -2.00. The number of halogens is 3. The molecule has 1 N–H and O–H groups in total. The highest BCUT2D eigenvalue weighted by molar-refractivity contribution is 14.1. The number of benzene rings is 1. The highest BCUT2D eigenvalue weighted by Gasteiger charge is 2.31. The molecule has 110 valence electrons. The molecule has 3 rings (SSSR count). The Morgan fingerprint density at radius 3 is 2.95 bits per heavy atom. The molecule has 0 aliphatic carbocycles. The van der Waals surface area contributed by atoms with E-state index in [1.165, 1.54) is 0 Å². The molecule has 0 saturated carbocycles. The van der Waals surface area contributed by atoms with Gasteiger partial charge in [-0.15, -0.1) is 0 Å². The summed E-state index contributed by atoms with van der Waals surface area (Å²) in [5, 5.41) is 20.0. The van der Waals surface area contributed by atoms with E-state index in [-0.39, 0.29) is 19.1 Å². The maximum Gasteiger partial charge on any atom is 0.174 e. The number of nitrogens with zero attached hydrogens (tertiary/aromatic N) is 2. The first-order chi connectivity index (χ1) is 10.1. The van der Waals surface area contributed by atoms with Gasteiger partial charge in [-0.3, -0.25) is 0 Å². The van der Waals surface area contributed by atoms with E-state index in [0.717, 1.165) is 33.1 Å². The maximum absolute atomic E-state index is 9.55. The first-order valence-corrected chi connectivity index (χ1v) is 8.23. The van der Waals surface area contributed by atoms with Crippen molar-refractivity contribution in [2.45, 2.75) is 18.9 Å². The summed E-state index contributed by atoms with van der Waals surface area (Å²) in [7, 11) is 0. The lowest BCUT2D eigenvalue weighted by molar-refractivity contribution is 0.265. The van der Waals surface area contributed by atoms with Gasteiger partial charge in [0.25, 0.3) is 0 Å². The van der Waals surface area contributed by atoms with Gasteiger partial charge in [0, 0.05) is 27.8 Å². The SMILES string of the molecule is N#CCOc1cc(Cl)c(Cl)c2c1c(I)c1n2CCC1CO. The maximum atomic E-state index is 9.55. The van der Waals surface area contributed by atoms with Gasteiger partial charge in [-0.25, -0.2) is 0 Å². The number of fused-ring (bicyclic) bond motifs is 3. The van der Waals surface area contributed by atoms with Crippen LogP contribution in [-0.4, -0.2) is 22.9 Å². The molecule has 0 bridgehead atoms. The minimum absolute atomic E-state index is 0.0485. The molecule has 1 aromatic heterocycles. The third kappa shape index (κ3) is 2.29. The van der Waals surface area contributed by atoms with Crippen LogP contribution in [-0.2, 0) is 6.54 Å². The molecule has 1 aliphatic heterocycles. The van der Waals surface area contributed by atoms with Crippen molar-refractivity contribution in [3.63, 3.8) is 0 Å². The number of hydrogen-bond donors (Lipinski definition) is 1. The average molecular weight is 437 g/mol. The van der Waals surface area contributed by atoms with Crippen molar-refractivity contribution in [3.8, 4) is 11.8 Å². The Morgan fingerprint density at radius 1 is 1.52 bits per heavy atom. The summed E-state index contributed by atoms with van der Waals surface area (Å²) in [6, 6.07) is 3.60. The van der Waals surface area contributed by atoms with Crippen LogP contribution in [0.15, 0.2) is 6.07 Å². The highest BCUT2D eigenvalue weighted by Crippen LogP contribution is 2.47. The van der Waals surface area contributed by atoms with Gasteiger partial charge < -0.3 is 14.4 Å². The van der Waals surface area contributed by atoms with Crippen LogP contribution in [0.1, 0.15) is 18.0 Å². The van der Waals surface area contributed by atoms with Crippen LogP contribution < -0.4 is 4.74 Å². The summed E-state index contributed by atoms with van der Waals surface area (Å²) >= 11 is 14.8. The number of rotatable bonds is 3. The zero-order chi connectivity index (χ0) is 15.1. The molecule has 0 radical (unpaired) electrons. The molecule has 21 heavy (non-hydrogen) atoms. The van der Waals surface area contributed by atoms with Gasteiger partial charge in [-0.05, 0) is 29.0 Å². The van der Waals surface area contributed by atoms with E-state index in [0.29, 0.717) is 15.8 Å². The lowest BCUT2D eigenvalue weighted by atomic mass is 10.1. The normalized spacial score (nSPS) is 17.0. The van der Waals surface area contributed by atoms with Crippen LogP contribution in [0.5, 0.6) is 5.75 Å².